The monoisotopic (exact) mass is 338 g/mol. The van der Waals surface area contributed by atoms with E-state index in [2.05, 4.69) is 5.32 Å². The fraction of sp³-hybridized carbons (Fsp3) is 0.294. The first-order valence-electron chi connectivity index (χ1n) is 7.44. The average molecular weight is 338 g/mol. The summed E-state index contributed by atoms with van der Waals surface area (Å²) in [5.41, 5.74) is -0.470. The molecule has 0 fully saturated rings. The van der Waals surface area contributed by atoms with Gasteiger partial charge in [0.15, 0.2) is 0 Å². The molecule has 0 aliphatic rings. The predicted octanol–water partition coefficient (Wildman–Crippen LogP) is 2.62. The molecule has 0 aliphatic carbocycles. The van der Waals surface area contributed by atoms with Crippen LogP contribution in [0, 0.1) is 0 Å². The normalized spacial score (nSPS) is 11.3. The number of hydrogen-bond acceptors (Lipinski definition) is 2. The number of amides is 1. The number of carbonyl (C=O) groups excluding carboxylic acids is 1. The van der Waals surface area contributed by atoms with Crippen LogP contribution < -0.4 is 10.9 Å². The molecular weight excluding hydrogens is 321 g/mol. The largest absolute Gasteiger partial charge is 0.417 e. The Hall–Kier alpha value is -2.57. The van der Waals surface area contributed by atoms with Crippen molar-refractivity contribution in [1.29, 1.82) is 0 Å². The molecule has 1 heterocycles. The summed E-state index contributed by atoms with van der Waals surface area (Å²) in [5.74, 6) is -0.496. The molecule has 1 N–H and O–H groups in total. The van der Waals surface area contributed by atoms with Crippen LogP contribution in [-0.4, -0.2) is 17.0 Å². The van der Waals surface area contributed by atoms with Gasteiger partial charge in [0.05, 0.1) is 5.56 Å². The van der Waals surface area contributed by atoms with Crippen molar-refractivity contribution in [2.24, 2.45) is 0 Å². The third kappa shape index (κ3) is 5.26. The molecule has 7 heteroatoms. The van der Waals surface area contributed by atoms with Crippen LogP contribution >= 0.6 is 0 Å². The summed E-state index contributed by atoms with van der Waals surface area (Å²) >= 11 is 0. The number of carbonyl (C=O) groups is 1. The van der Waals surface area contributed by atoms with Gasteiger partial charge in [-0.15, -0.1) is 0 Å². The molecule has 0 radical (unpaired) electrons. The molecule has 0 saturated carbocycles. The molecule has 2 rings (SSSR count). The average Bonchev–Trinajstić information content (AvgIpc) is 2.53. The van der Waals surface area contributed by atoms with Gasteiger partial charge in [0.1, 0.15) is 6.54 Å². The summed E-state index contributed by atoms with van der Waals surface area (Å²) < 4.78 is 38.7. The summed E-state index contributed by atoms with van der Waals surface area (Å²) in [4.78, 5) is 23.3. The Morgan fingerprint density at radius 3 is 2.46 bits per heavy atom. The van der Waals surface area contributed by atoms with E-state index in [0.29, 0.717) is 25.2 Å². The molecule has 1 aromatic carbocycles. The zero-order valence-corrected chi connectivity index (χ0v) is 12.8. The molecule has 128 valence electrons. The van der Waals surface area contributed by atoms with E-state index in [1.165, 1.54) is 0 Å². The van der Waals surface area contributed by atoms with Crippen LogP contribution in [0.5, 0.6) is 0 Å². The van der Waals surface area contributed by atoms with Crippen molar-refractivity contribution >= 4 is 5.91 Å². The Bertz CT molecular complexity index is 739. The number of aromatic nitrogens is 1. The SMILES string of the molecule is O=C(Cn1cc(C(F)(F)F)ccc1=O)NCCCc1ccccc1. The Balaban J connectivity index is 1.85. The minimum absolute atomic E-state index is 0.390. The second-order valence-electron chi connectivity index (χ2n) is 5.32. The van der Waals surface area contributed by atoms with Gasteiger partial charge in [-0.25, -0.2) is 0 Å². The van der Waals surface area contributed by atoms with E-state index >= 15 is 0 Å². The van der Waals surface area contributed by atoms with Gasteiger partial charge in [-0.05, 0) is 24.5 Å². The van der Waals surface area contributed by atoms with Crippen molar-refractivity contribution in [2.45, 2.75) is 25.6 Å². The zero-order valence-electron chi connectivity index (χ0n) is 12.8. The van der Waals surface area contributed by atoms with E-state index in [0.717, 1.165) is 22.6 Å². The van der Waals surface area contributed by atoms with E-state index in [4.69, 9.17) is 0 Å². The van der Waals surface area contributed by atoms with E-state index in [1.807, 2.05) is 30.3 Å². The van der Waals surface area contributed by atoms with Crippen LogP contribution in [0.2, 0.25) is 0 Å². The molecule has 0 bridgehead atoms. The van der Waals surface area contributed by atoms with E-state index in [1.54, 1.807) is 0 Å². The smallest absolute Gasteiger partial charge is 0.355 e. The van der Waals surface area contributed by atoms with Crippen molar-refractivity contribution in [3.63, 3.8) is 0 Å². The molecule has 1 amide bonds. The van der Waals surface area contributed by atoms with Crippen LogP contribution in [0.4, 0.5) is 13.2 Å². The number of hydrogen-bond donors (Lipinski definition) is 1. The molecule has 24 heavy (non-hydrogen) atoms. The lowest BCUT2D eigenvalue weighted by molar-refractivity contribution is -0.138. The molecule has 4 nitrogen and oxygen atoms in total. The summed E-state index contributed by atoms with van der Waals surface area (Å²) in [6, 6.07) is 11.2. The maximum atomic E-state index is 12.6. The molecule has 0 aliphatic heterocycles. The Labute approximate surface area is 136 Å². The fourth-order valence-electron chi connectivity index (χ4n) is 2.20. The van der Waals surface area contributed by atoms with Gasteiger partial charge in [-0.2, -0.15) is 13.2 Å². The Kier molecular flexibility index (Phi) is 5.78. The van der Waals surface area contributed by atoms with Crippen molar-refractivity contribution in [3.8, 4) is 0 Å². The second-order valence-corrected chi connectivity index (χ2v) is 5.32. The number of halogens is 3. The number of pyridine rings is 1. The van der Waals surface area contributed by atoms with Crippen LogP contribution in [-0.2, 0) is 23.9 Å². The Morgan fingerprint density at radius 2 is 1.79 bits per heavy atom. The Morgan fingerprint density at radius 1 is 1.08 bits per heavy atom. The number of nitrogens with one attached hydrogen (secondary N) is 1. The number of rotatable bonds is 6. The molecule has 0 saturated heterocycles. The third-order valence-corrected chi connectivity index (χ3v) is 3.43. The first kappa shape index (κ1) is 17.8. The second kappa shape index (κ2) is 7.81. The summed E-state index contributed by atoms with van der Waals surface area (Å²) in [6.07, 6.45) is -2.41. The van der Waals surface area contributed by atoms with Crippen molar-refractivity contribution in [1.82, 2.24) is 9.88 Å². The minimum atomic E-state index is -4.55. The third-order valence-electron chi connectivity index (χ3n) is 3.43. The molecule has 0 atom stereocenters. The van der Waals surface area contributed by atoms with Crippen LogP contribution in [0.15, 0.2) is 53.5 Å². The van der Waals surface area contributed by atoms with Gasteiger partial charge in [0.2, 0.25) is 5.91 Å². The fourth-order valence-corrected chi connectivity index (χ4v) is 2.20. The van der Waals surface area contributed by atoms with E-state index < -0.39 is 29.8 Å². The lowest BCUT2D eigenvalue weighted by Crippen LogP contribution is -2.33. The molecule has 0 unspecified atom stereocenters. The first-order chi connectivity index (χ1) is 11.4. The van der Waals surface area contributed by atoms with Gasteiger partial charge >= 0.3 is 6.18 Å². The highest BCUT2D eigenvalue weighted by Crippen LogP contribution is 2.27. The van der Waals surface area contributed by atoms with Gasteiger partial charge in [0.25, 0.3) is 5.56 Å². The highest BCUT2D eigenvalue weighted by atomic mass is 19.4. The lowest BCUT2D eigenvalue weighted by Gasteiger charge is -2.11. The molecule has 0 spiro atoms. The standard InChI is InChI=1S/C17H17F3N2O2/c18-17(19,20)14-8-9-16(24)22(11-14)12-15(23)21-10-4-7-13-5-2-1-3-6-13/h1-3,5-6,8-9,11H,4,7,10,12H2,(H,21,23). The van der Waals surface area contributed by atoms with Crippen LogP contribution in [0.25, 0.3) is 0 Å². The van der Waals surface area contributed by atoms with Crippen molar-refractivity contribution in [2.75, 3.05) is 6.54 Å². The lowest BCUT2D eigenvalue weighted by atomic mass is 10.1. The van der Waals surface area contributed by atoms with Gasteiger partial charge in [0, 0.05) is 18.8 Å². The quantitative estimate of drug-likeness (QED) is 0.823. The highest BCUT2D eigenvalue weighted by Gasteiger charge is 2.31. The number of aryl methyl sites for hydroxylation is 1. The van der Waals surface area contributed by atoms with Crippen molar-refractivity contribution < 1.29 is 18.0 Å². The number of alkyl halides is 3. The summed E-state index contributed by atoms with van der Waals surface area (Å²) in [7, 11) is 0. The van der Waals surface area contributed by atoms with Gasteiger partial charge < -0.3 is 9.88 Å². The summed E-state index contributed by atoms with van der Waals surface area (Å²) in [5, 5.41) is 2.61. The van der Waals surface area contributed by atoms with Crippen LogP contribution in [0.3, 0.4) is 0 Å². The maximum absolute atomic E-state index is 12.6. The molecule has 1 aromatic heterocycles. The van der Waals surface area contributed by atoms with E-state index in [-0.39, 0.29) is 0 Å². The summed E-state index contributed by atoms with van der Waals surface area (Å²) in [6.45, 7) is -0.0461. The number of benzene rings is 1. The van der Waals surface area contributed by atoms with Crippen LogP contribution in [0.1, 0.15) is 17.5 Å². The van der Waals surface area contributed by atoms with Gasteiger partial charge in [-0.3, -0.25) is 9.59 Å². The van der Waals surface area contributed by atoms with E-state index in [9.17, 15) is 22.8 Å². The highest BCUT2D eigenvalue weighted by molar-refractivity contribution is 5.75. The maximum Gasteiger partial charge on any atom is 0.417 e. The zero-order chi connectivity index (χ0) is 17.6. The predicted molar refractivity (Wildman–Crippen MR) is 83.5 cm³/mol. The van der Waals surface area contributed by atoms with Gasteiger partial charge in [-0.1, -0.05) is 30.3 Å². The first-order valence-corrected chi connectivity index (χ1v) is 7.44. The van der Waals surface area contributed by atoms with Crippen molar-refractivity contribution in [3.05, 3.63) is 70.1 Å². The number of nitrogens with zero attached hydrogens (tertiary/aromatic N) is 1. The minimum Gasteiger partial charge on any atom is -0.355 e. The molecule has 2 aromatic rings. The topological polar surface area (TPSA) is 51.1 Å². The molecular formula is C17H17F3N2O2.